The summed E-state index contributed by atoms with van der Waals surface area (Å²) >= 11 is 0. The van der Waals surface area contributed by atoms with Gasteiger partial charge in [0.25, 0.3) is 0 Å². The first-order valence-corrected chi connectivity index (χ1v) is 11.8. The van der Waals surface area contributed by atoms with E-state index in [2.05, 4.69) is 16.9 Å². The molecule has 0 amide bonds. The summed E-state index contributed by atoms with van der Waals surface area (Å²) in [5, 5.41) is 8.05. The molecule has 0 aliphatic rings. The highest BCUT2D eigenvalue weighted by molar-refractivity contribution is 5.88. The molecule has 1 aromatic carbocycles. The molecule has 4 nitrogen and oxygen atoms in total. The SMILES string of the molecule is C=CCCCCCCCCCCCCCCCCC(=O)n1nnc2ccccc21. The predicted molar refractivity (Wildman–Crippen MR) is 122 cm³/mol. The molecule has 0 bridgehead atoms. The fraction of sp³-hybridized carbons (Fsp3) is 0.640. The third kappa shape index (κ3) is 9.38. The molecule has 0 aliphatic carbocycles. The number of unbranched alkanes of at least 4 members (excludes halogenated alkanes) is 14. The van der Waals surface area contributed by atoms with Crippen molar-refractivity contribution in [1.82, 2.24) is 15.0 Å². The number of carbonyl (C=O) groups is 1. The van der Waals surface area contributed by atoms with Crippen molar-refractivity contribution in [3.8, 4) is 0 Å². The van der Waals surface area contributed by atoms with Gasteiger partial charge in [-0.15, -0.1) is 11.7 Å². The van der Waals surface area contributed by atoms with Gasteiger partial charge in [-0.25, -0.2) is 0 Å². The average Bonchev–Trinajstić information content (AvgIpc) is 3.17. The Morgan fingerprint density at radius 1 is 0.793 bits per heavy atom. The Morgan fingerprint density at radius 2 is 1.31 bits per heavy atom. The van der Waals surface area contributed by atoms with Crippen LogP contribution in [0.5, 0.6) is 0 Å². The van der Waals surface area contributed by atoms with Crippen LogP contribution in [0.25, 0.3) is 11.0 Å². The Kier molecular flexibility index (Phi) is 12.0. The smallest absolute Gasteiger partial charge is 0.248 e. The highest BCUT2D eigenvalue weighted by Gasteiger charge is 2.10. The first-order chi connectivity index (χ1) is 14.3. The zero-order valence-corrected chi connectivity index (χ0v) is 18.2. The highest BCUT2D eigenvalue weighted by atomic mass is 16.2. The van der Waals surface area contributed by atoms with Crippen LogP contribution in [-0.4, -0.2) is 20.9 Å². The second kappa shape index (κ2) is 14.9. The molecule has 0 saturated heterocycles. The minimum Gasteiger partial charge on any atom is -0.273 e. The Morgan fingerprint density at radius 3 is 1.90 bits per heavy atom. The van der Waals surface area contributed by atoms with Crippen LogP contribution in [0.2, 0.25) is 0 Å². The summed E-state index contributed by atoms with van der Waals surface area (Å²) in [6, 6.07) is 7.62. The van der Waals surface area contributed by atoms with Crippen molar-refractivity contribution < 1.29 is 4.79 Å². The van der Waals surface area contributed by atoms with Crippen LogP contribution in [0, 0.1) is 0 Å². The summed E-state index contributed by atoms with van der Waals surface area (Å²) in [6.07, 6.45) is 22.1. The summed E-state index contributed by atoms with van der Waals surface area (Å²) in [4.78, 5) is 12.3. The van der Waals surface area contributed by atoms with Gasteiger partial charge in [0.15, 0.2) is 0 Å². The summed E-state index contributed by atoms with van der Waals surface area (Å²) in [7, 11) is 0. The van der Waals surface area contributed by atoms with Crippen LogP contribution in [-0.2, 0) is 0 Å². The highest BCUT2D eigenvalue weighted by Crippen LogP contribution is 2.15. The number of nitrogens with zero attached hydrogens (tertiary/aromatic N) is 3. The number of allylic oxidation sites excluding steroid dienone is 1. The number of hydrogen-bond donors (Lipinski definition) is 0. The molecule has 0 radical (unpaired) electrons. The summed E-state index contributed by atoms with van der Waals surface area (Å²) in [5.74, 6) is 0.0550. The molecule has 0 spiro atoms. The zero-order valence-electron chi connectivity index (χ0n) is 18.2. The molecule has 1 aromatic heterocycles. The van der Waals surface area contributed by atoms with E-state index in [1.807, 2.05) is 30.3 Å². The molecule has 2 rings (SSSR count). The first-order valence-electron chi connectivity index (χ1n) is 11.8. The van der Waals surface area contributed by atoms with Crippen molar-refractivity contribution in [1.29, 1.82) is 0 Å². The van der Waals surface area contributed by atoms with Gasteiger partial charge < -0.3 is 0 Å². The van der Waals surface area contributed by atoms with Gasteiger partial charge in [0.1, 0.15) is 5.52 Å². The number of para-hydroxylation sites is 1. The summed E-state index contributed by atoms with van der Waals surface area (Å²) < 4.78 is 1.45. The number of hydrogen-bond acceptors (Lipinski definition) is 3. The van der Waals surface area contributed by atoms with Crippen molar-refractivity contribution in [2.24, 2.45) is 0 Å². The van der Waals surface area contributed by atoms with E-state index in [4.69, 9.17) is 0 Å². The molecule has 29 heavy (non-hydrogen) atoms. The number of carbonyl (C=O) groups excluding carboxylic acids is 1. The van der Waals surface area contributed by atoms with Crippen LogP contribution in [0.4, 0.5) is 0 Å². The normalized spacial score (nSPS) is 11.2. The van der Waals surface area contributed by atoms with Crippen LogP contribution in [0.3, 0.4) is 0 Å². The third-order valence-electron chi connectivity index (χ3n) is 5.64. The third-order valence-corrected chi connectivity index (χ3v) is 5.64. The predicted octanol–water partition coefficient (Wildman–Crippen LogP) is 7.50. The van der Waals surface area contributed by atoms with Gasteiger partial charge in [-0.05, 0) is 31.4 Å². The molecule has 0 N–H and O–H groups in total. The largest absolute Gasteiger partial charge is 0.273 e. The van der Waals surface area contributed by atoms with Crippen molar-refractivity contribution in [2.45, 2.75) is 103 Å². The molecule has 0 aliphatic heterocycles. The molecule has 0 atom stereocenters. The Bertz CT molecular complexity index is 707. The molecule has 1 heterocycles. The lowest BCUT2D eigenvalue weighted by atomic mass is 10.0. The van der Waals surface area contributed by atoms with E-state index in [9.17, 15) is 4.79 Å². The number of aromatic nitrogens is 3. The lowest BCUT2D eigenvalue weighted by Crippen LogP contribution is -2.12. The van der Waals surface area contributed by atoms with Gasteiger partial charge in [0.05, 0.1) is 5.52 Å². The van der Waals surface area contributed by atoms with E-state index in [-0.39, 0.29) is 5.91 Å². The molecule has 2 aromatic rings. The van der Waals surface area contributed by atoms with Gasteiger partial charge in [-0.3, -0.25) is 4.79 Å². The number of rotatable bonds is 17. The first kappa shape index (κ1) is 23.3. The van der Waals surface area contributed by atoms with Crippen molar-refractivity contribution in [2.75, 3.05) is 0 Å². The Balaban J connectivity index is 1.37. The standard InChI is InChI=1S/C25H39N3O/c1-2-3-4-5-6-7-8-9-10-11-12-13-14-15-16-17-22-25(29)28-24-21-19-18-20-23(24)26-27-28/h2,18-21H,1,3-17,22H2. The van der Waals surface area contributed by atoms with E-state index >= 15 is 0 Å². The minimum absolute atomic E-state index is 0.0550. The topological polar surface area (TPSA) is 47.8 Å². The molecule has 160 valence electrons. The zero-order chi connectivity index (χ0) is 20.6. The minimum atomic E-state index is 0.0550. The van der Waals surface area contributed by atoms with E-state index in [1.165, 1.54) is 88.2 Å². The van der Waals surface area contributed by atoms with Crippen LogP contribution in [0.1, 0.15) is 108 Å². The van der Waals surface area contributed by atoms with Crippen LogP contribution in [0.15, 0.2) is 36.9 Å². The molecular weight excluding hydrogens is 358 g/mol. The fourth-order valence-corrected chi connectivity index (χ4v) is 3.85. The second-order valence-electron chi connectivity index (χ2n) is 8.16. The Hall–Kier alpha value is -1.97. The van der Waals surface area contributed by atoms with E-state index in [1.54, 1.807) is 0 Å². The Labute approximate surface area is 176 Å². The second-order valence-corrected chi connectivity index (χ2v) is 8.16. The summed E-state index contributed by atoms with van der Waals surface area (Å²) in [5.41, 5.74) is 1.59. The maximum atomic E-state index is 12.3. The molecule has 0 unspecified atom stereocenters. The van der Waals surface area contributed by atoms with Gasteiger partial charge in [0, 0.05) is 6.42 Å². The van der Waals surface area contributed by atoms with Crippen LogP contribution < -0.4 is 0 Å². The lowest BCUT2D eigenvalue weighted by Gasteiger charge is -2.04. The van der Waals surface area contributed by atoms with E-state index < -0.39 is 0 Å². The van der Waals surface area contributed by atoms with Crippen molar-refractivity contribution in [3.05, 3.63) is 36.9 Å². The quantitative estimate of drug-likeness (QED) is 0.205. The van der Waals surface area contributed by atoms with E-state index in [0.717, 1.165) is 23.9 Å². The van der Waals surface area contributed by atoms with Crippen molar-refractivity contribution in [3.63, 3.8) is 0 Å². The van der Waals surface area contributed by atoms with Crippen molar-refractivity contribution >= 4 is 16.9 Å². The van der Waals surface area contributed by atoms with E-state index in [0.29, 0.717) is 6.42 Å². The van der Waals surface area contributed by atoms with Gasteiger partial charge in [-0.1, -0.05) is 100 Å². The monoisotopic (exact) mass is 397 g/mol. The molecule has 0 saturated carbocycles. The molecular formula is C25H39N3O. The van der Waals surface area contributed by atoms with Gasteiger partial charge in [-0.2, -0.15) is 4.68 Å². The van der Waals surface area contributed by atoms with Gasteiger partial charge in [0.2, 0.25) is 5.91 Å². The molecule has 4 heteroatoms. The maximum absolute atomic E-state index is 12.3. The molecule has 0 fully saturated rings. The average molecular weight is 398 g/mol. The van der Waals surface area contributed by atoms with Crippen LogP contribution >= 0.6 is 0 Å². The lowest BCUT2D eigenvalue weighted by molar-refractivity contribution is 0.0886. The fourth-order valence-electron chi connectivity index (χ4n) is 3.85. The summed E-state index contributed by atoms with van der Waals surface area (Å²) in [6.45, 7) is 3.77. The van der Waals surface area contributed by atoms with Gasteiger partial charge >= 0.3 is 0 Å². The number of benzene rings is 1. The maximum Gasteiger partial charge on any atom is 0.248 e. The number of fused-ring (bicyclic) bond motifs is 1.